The molecule has 1 aliphatic carbocycles. The molecular formula is C17H20N6O. The van der Waals surface area contributed by atoms with Gasteiger partial charge in [-0.05, 0) is 42.5 Å². The molecule has 1 fully saturated rings. The van der Waals surface area contributed by atoms with Crippen molar-refractivity contribution in [2.75, 3.05) is 5.73 Å². The summed E-state index contributed by atoms with van der Waals surface area (Å²) in [6.45, 7) is 1.81. The van der Waals surface area contributed by atoms with Crippen LogP contribution in [-0.2, 0) is 14.1 Å². The molecule has 24 heavy (non-hydrogen) atoms. The highest BCUT2D eigenvalue weighted by molar-refractivity contribution is 5.63. The standard InChI is InChI=1S/C17H20N6O/c1-9-4-14(20-17(18)16(9)24)15-6-13(21-23(15)3)12-5-11(12)10-7-19-22(2)8-10/h4,6-8,11-12,24H,5H2,1-3H3,(H2,18,20)/t11-,12+/m0/s1. The number of aromatic hydroxyl groups is 1. The summed E-state index contributed by atoms with van der Waals surface area (Å²) in [4.78, 5) is 4.29. The molecule has 0 saturated heterocycles. The molecule has 0 amide bonds. The van der Waals surface area contributed by atoms with Gasteiger partial charge in [0.05, 0.1) is 23.3 Å². The van der Waals surface area contributed by atoms with Gasteiger partial charge in [-0.15, -0.1) is 0 Å². The van der Waals surface area contributed by atoms with E-state index in [9.17, 15) is 5.11 Å². The highest BCUT2D eigenvalue weighted by Gasteiger charge is 2.42. The molecule has 3 heterocycles. The summed E-state index contributed by atoms with van der Waals surface area (Å²) in [6, 6.07) is 3.90. The van der Waals surface area contributed by atoms with E-state index in [2.05, 4.69) is 27.4 Å². The predicted molar refractivity (Wildman–Crippen MR) is 90.6 cm³/mol. The zero-order valence-electron chi connectivity index (χ0n) is 13.9. The lowest BCUT2D eigenvalue weighted by atomic mass is 10.1. The normalized spacial score (nSPS) is 19.6. The summed E-state index contributed by atoms with van der Waals surface area (Å²) in [5.74, 6) is 1.10. The Morgan fingerprint density at radius 3 is 2.71 bits per heavy atom. The number of nitrogen functional groups attached to an aromatic ring is 1. The minimum atomic E-state index is 0.0416. The first-order chi connectivity index (χ1) is 11.4. The lowest BCUT2D eigenvalue weighted by molar-refractivity contribution is 0.471. The Balaban J connectivity index is 1.64. The maximum absolute atomic E-state index is 9.80. The third-order valence-electron chi connectivity index (χ3n) is 4.69. The summed E-state index contributed by atoms with van der Waals surface area (Å²) < 4.78 is 3.66. The Labute approximate surface area is 139 Å². The van der Waals surface area contributed by atoms with Gasteiger partial charge in [0, 0.05) is 26.2 Å². The smallest absolute Gasteiger partial charge is 0.166 e. The summed E-state index contributed by atoms with van der Waals surface area (Å²) in [7, 11) is 3.84. The van der Waals surface area contributed by atoms with E-state index in [1.54, 1.807) is 0 Å². The quantitative estimate of drug-likeness (QED) is 0.769. The number of hydrogen-bond acceptors (Lipinski definition) is 5. The van der Waals surface area contributed by atoms with Crippen molar-refractivity contribution < 1.29 is 5.11 Å². The zero-order valence-corrected chi connectivity index (χ0v) is 13.9. The zero-order chi connectivity index (χ0) is 17.0. The van der Waals surface area contributed by atoms with Crippen LogP contribution in [0.5, 0.6) is 5.75 Å². The van der Waals surface area contributed by atoms with Gasteiger partial charge in [-0.1, -0.05) is 0 Å². The molecule has 2 atom stereocenters. The molecule has 3 N–H and O–H groups in total. The molecule has 3 aromatic heterocycles. The number of aryl methyl sites for hydroxylation is 3. The molecule has 7 heteroatoms. The third kappa shape index (κ3) is 2.33. The lowest BCUT2D eigenvalue weighted by Gasteiger charge is -2.06. The van der Waals surface area contributed by atoms with Gasteiger partial charge in [-0.25, -0.2) is 4.98 Å². The van der Waals surface area contributed by atoms with Crippen LogP contribution >= 0.6 is 0 Å². The Kier molecular flexibility index (Phi) is 3.13. The van der Waals surface area contributed by atoms with Crippen LogP contribution in [0.25, 0.3) is 11.4 Å². The van der Waals surface area contributed by atoms with E-state index >= 15 is 0 Å². The Hall–Kier alpha value is -2.83. The van der Waals surface area contributed by atoms with Gasteiger partial charge in [0.1, 0.15) is 0 Å². The van der Waals surface area contributed by atoms with E-state index in [4.69, 9.17) is 5.73 Å². The molecule has 0 spiro atoms. The topological polar surface area (TPSA) is 94.8 Å². The lowest BCUT2D eigenvalue weighted by Crippen LogP contribution is -1.99. The molecular weight excluding hydrogens is 304 g/mol. The van der Waals surface area contributed by atoms with E-state index in [1.807, 2.05) is 42.6 Å². The number of rotatable bonds is 3. The first-order valence-electron chi connectivity index (χ1n) is 7.93. The van der Waals surface area contributed by atoms with Crippen LogP contribution in [0.2, 0.25) is 0 Å². The fourth-order valence-electron chi connectivity index (χ4n) is 3.25. The van der Waals surface area contributed by atoms with Gasteiger partial charge < -0.3 is 10.8 Å². The Morgan fingerprint density at radius 2 is 2.04 bits per heavy atom. The van der Waals surface area contributed by atoms with E-state index in [-0.39, 0.29) is 11.6 Å². The second kappa shape index (κ2) is 5.09. The molecule has 7 nitrogen and oxygen atoms in total. The summed E-state index contributed by atoms with van der Waals surface area (Å²) in [5, 5.41) is 18.7. The summed E-state index contributed by atoms with van der Waals surface area (Å²) in [6.07, 6.45) is 5.09. The fourth-order valence-corrected chi connectivity index (χ4v) is 3.25. The Morgan fingerprint density at radius 1 is 1.25 bits per heavy atom. The van der Waals surface area contributed by atoms with Gasteiger partial charge in [0.25, 0.3) is 0 Å². The van der Waals surface area contributed by atoms with Crippen molar-refractivity contribution in [1.82, 2.24) is 24.5 Å². The van der Waals surface area contributed by atoms with Crippen LogP contribution < -0.4 is 5.73 Å². The van der Waals surface area contributed by atoms with E-state index in [0.29, 0.717) is 17.4 Å². The molecule has 4 rings (SSSR count). The minimum absolute atomic E-state index is 0.0416. The van der Waals surface area contributed by atoms with Crippen molar-refractivity contribution in [3.63, 3.8) is 0 Å². The maximum Gasteiger partial charge on any atom is 0.166 e. The fraction of sp³-hybridized carbons (Fsp3) is 0.353. The average Bonchev–Trinajstić information content (AvgIpc) is 3.06. The number of nitrogens with zero attached hydrogens (tertiary/aromatic N) is 5. The first-order valence-corrected chi connectivity index (χ1v) is 7.93. The highest BCUT2D eigenvalue weighted by atomic mass is 16.3. The first kappa shape index (κ1) is 14.7. The number of pyridine rings is 1. The molecule has 3 aromatic rings. The number of aromatic nitrogens is 5. The molecule has 1 saturated carbocycles. The third-order valence-corrected chi connectivity index (χ3v) is 4.69. The summed E-state index contributed by atoms with van der Waals surface area (Å²) >= 11 is 0. The van der Waals surface area contributed by atoms with Crippen molar-refractivity contribution in [3.8, 4) is 17.1 Å². The van der Waals surface area contributed by atoms with Gasteiger partial charge in [0.2, 0.25) is 0 Å². The van der Waals surface area contributed by atoms with Crippen molar-refractivity contribution in [2.45, 2.75) is 25.2 Å². The van der Waals surface area contributed by atoms with Crippen molar-refractivity contribution >= 4 is 5.82 Å². The minimum Gasteiger partial charge on any atom is -0.504 e. The van der Waals surface area contributed by atoms with Gasteiger partial charge >= 0.3 is 0 Å². The second-order valence-electron chi connectivity index (χ2n) is 6.53. The molecule has 0 aliphatic heterocycles. The van der Waals surface area contributed by atoms with E-state index in [0.717, 1.165) is 23.5 Å². The number of nitrogens with two attached hydrogens (primary N) is 1. The SMILES string of the molecule is Cc1cc(-c2cc([C@@H]3C[C@H]3c3cnn(C)c3)nn2C)nc(N)c1O. The van der Waals surface area contributed by atoms with Gasteiger partial charge in [0.15, 0.2) is 11.6 Å². The summed E-state index contributed by atoms with van der Waals surface area (Å²) in [5.41, 5.74) is 10.4. The van der Waals surface area contributed by atoms with Crippen LogP contribution in [0.15, 0.2) is 24.5 Å². The second-order valence-corrected chi connectivity index (χ2v) is 6.53. The van der Waals surface area contributed by atoms with Crippen LogP contribution in [0, 0.1) is 6.92 Å². The van der Waals surface area contributed by atoms with Crippen molar-refractivity contribution in [3.05, 3.63) is 41.3 Å². The van der Waals surface area contributed by atoms with Gasteiger partial charge in [-0.3, -0.25) is 9.36 Å². The predicted octanol–water partition coefficient (Wildman–Crippen LogP) is 2.08. The Bertz CT molecular complexity index is 902. The van der Waals surface area contributed by atoms with Gasteiger partial charge in [-0.2, -0.15) is 10.2 Å². The van der Waals surface area contributed by atoms with Crippen molar-refractivity contribution in [2.24, 2.45) is 14.1 Å². The van der Waals surface area contributed by atoms with Crippen LogP contribution in [-0.4, -0.2) is 29.7 Å². The molecule has 0 aromatic carbocycles. The van der Waals surface area contributed by atoms with E-state index < -0.39 is 0 Å². The van der Waals surface area contributed by atoms with Crippen molar-refractivity contribution in [1.29, 1.82) is 0 Å². The monoisotopic (exact) mass is 324 g/mol. The van der Waals surface area contributed by atoms with Crippen LogP contribution in [0.3, 0.4) is 0 Å². The highest BCUT2D eigenvalue weighted by Crippen LogP contribution is 2.54. The molecule has 0 bridgehead atoms. The molecule has 0 radical (unpaired) electrons. The molecule has 124 valence electrons. The number of anilines is 1. The van der Waals surface area contributed by atoms with Crippen LogP contribution in [0.1, 0.15) is 35.1 Å². The van der Waals surface area contributed by atoms with Crippen LogP contribution in [0.4, 0.5) is 5.82 Å². The average molecular weight is 324 g/mol. The van der Waals surface area contributed by atoms with E-state index in [1.165, 1.54) is 5.56 Å². The molecule has 0 unspecified atom stereocenters. The number of hydrogen-bond donors (Lipinski definition) is 2. The molecule has 1 aliphatic rings. The largest absolute Gasteiger partial charge is 0.504 e. The maximum atomic E-state index is 9.80.